The number of anilines is 2. The fourth-order valence-corrected chi connectivity index (χ4v) is 3.16. The molecular weight excluding hydrogens is 342 g/mol. The van der Waals surface area contributed by atoms with Gasteiger partial charge in [0.15, 0.2) is 6.61 Å². The van der Waals surface area contributed by atoms with Gasteiger partial charge in [0.2, 0.25) is 0 Å². The Morgan fingerprint density at radius 3 is 2.44 bits per heavy atom. The molecule has 27 heavy (non-hydrogen) atoms. The molecule has 0 bridgehead atoms. The maximum atomic E-state index is 12.1. The summed E-state index contributed by atoms with van der Waals surface area (Å²) in [5.41, 5.74) is 7.44. The molecule has 0 spiro atoms. The number of primary amides is 1. The van der Waals surface area contributed by atoms with Gasteiger partial charge in [-0.05, 0) is 55.2 Å². The topological polar surface area (TPSA) is 84.7 Å². The van der Waals surface area contributed by atoms with Crippen LogP contribution in [0.1, 0.15) is 30.1 Å². The van der Waals surface area contributed by atoms with E-state index in [1.165, 1.54) is 18.5 Å². The van der Waals surface area contributed by atoms with Gasteiger partial charge in [-0.15, -0.1) is 0 Å². The van der Waals surface area contributed by atoms with E-state index in [1.807, 2.05) is 24.3 Å². The van der Waals surface area contributed by atoms with Gasteiger partial charge in [0, 0.05) is 24.5 Å². The number of nitrogens with one attached hydrogen (secondary N) is 1. The van der Waals surface area contributed by atoms with Gasteiger partial charge < -0.3 is 20.7 Å². The zero-order valence-corrected chi connectivity index (χ0v) is 15.5. The minimum atomic E-state index is -0.589. The number of piperidine rings is 1. The summed E-state index contributed by atoms with van der Waals surface area (Å²) in [6.07, 6.45) is 2.42. The Morgan fingerprint density at radius 1 is 1.11 bits per heavy atom. The van der Waals surface area contributed by atoms with Crippen LogP contribution >= 0.6 is 0 Å². The van der Waals surface area contributed by atoms with Crippen LogP contribution in [0.15, 0.2) is 48.5 Å². The number of hydrogen-bond donors (Lipinski definition) is 2. The van der Waals surface area contributed by atoms with Gasteiger partial charge in [-0.25, -0.2) is 0 Å². The van der Waals surface area contributed by atoms with Crippen molar-refractivity contribution in [3.63, 3.8) is 0 Å². The molecule has 1 heterocycles. The molecule has 1 saturated heterocycles. The van der Waals surface area contributed by atoms with Crippen LogP contribution < -0.4 is 20.7 Å². The highest BCUT2D eigenvalue weighted by Gasteiger charge is 2.16. The summed E-state index contributed by atoms with van der Waals surface area (Å²) in [4.78, 5) is 25.9. The third-order valence-electron chi connectivity index (χ3n) is 4.81. The molecule has 2 aromatic rings. The molecule has 3 N–H and O–H groups in total. The monoisotopic (exact) mass is 367 g/mol. The van der Waals surface area contributed by atoms with E-state index >= 15 is 0 Å². The smallest absolute Gasteiger partial charge is 0.262 e. The van der Waals surface area contributed by atoms with E-state index in [0.717, 1.165) is 19.0 Å². The first-order valence-electron chi connectivity index (χ1n) is 9.19. The van der Waals surface area contributed by atoms with Crippen LogP contribution in [-0.2, 0) is 4.79 Å². The average Bonchev–Trinajstić information content (AvgIpc) is 2.68. The van der Waals surface area contributed by atoms with Crippen molar-refractivity contribution in [3.8, 4) is 5.75 Å². The number of amides is 2. The van der Waals surface area contributed by atoms with Crippen molar-refractivity contribution >= 4 is 23.2 Å². The molecule has 142 valence electrons. The lowest BCUT2D eigenvalue weighted by atomic mass is 9.99. The Bertz CT molecular complexity index is 797. The van der Waals surface area contributed by atoms with Crippen molar-refractivity contribution in [2.75, 3.05) is 29.9 Å². The normalized spacial score (nSPS) is 14.6. The van der Waals surface area contributed by atoms with Crippen LogP contribution in [0.4, 0.5) is 11.4 Å². The summed E-state index contributed by atoms with van der Waals surface area (Å²) in [6.45, 7) is 4.23. The van der Waals surface area contributed by atoms with Crippen LogP contribution in [0.3, 0.4) is 0 Å². The molecule has 0 atom stereocenters. The fraction of sp³-hybridized carbons (Fsp3) is 0.333. The second-order valence-electron chi connectivity index (χ2n) is 6.91. The number of hydrogen-bond acceptors (Lipinski definition) is 4. The van der Waals surface area contributed by atoms with Crippen LogP contribution in [0.2, 0.25) is 0 Å². The molecule has 2 aromatic carbocycles. The maximum Gasteiger partial charge on any atom is 0.262 e. The molecule has 6 heteroatoms. The molecule has 0 aliphatic carbocycles. The quantitative estimate of drug-likeness (QED) is 0.822. The van der Waals surface area contributed by atoms with E-state index in [1.54, 1.807) is 24.3 Å². The van der Waals surface area contributed by atoms with Crippen molar-refractivity contribution in [1.29, 1.82) is 0 Å². The lowest BCUT2D eigenvalue weighted by molar-refractivity contribution is -0.118. The Kier molecular flexibility index (Phi) is 5.96. The minimum absolute atomic E-state index is 0.198. The Balaban J connectivity index is 1.53. The zero-order chi connectivity index (χ0) is 19.2. The first-order chi connectivity index (χ1) is 13.0. The number of carbonyl (C=O) groups excluding carboxylic acids is 2. The molecule has 0 saturated carbocycles. The second kappa shape index (κ2) is 8.58. The number of nitrogens with two attached hydrogens (primary N) is 1. The van der Waals surface area contributed by atoms with Gasteiger partial charge in [0.05, 0.1) is 5.56 Å². The number of ether oxygens (including phenoxy) is 1. The van der Waals surface area contributed by atoms with Crippen molar-refractivity contribution < 1.29 is 14.3 Å². The van der Waals surface area contributed by atoms with Crippen molar-refractivity contribution in [3.05, 3.63) is 54.1 Å². The summed E-state index contributed by atoms with van der Waals surface area (Å²) in [7, 11) is 0. The number of carbonyl (C=O) groups is 2. The van der Waals surface area contributed by atoms with Crippen molar-refractivity contribution in [2.45, 2.75) is 19.8 Å². The third kappa shape index (κ3) is 5.00. The van der Waals surface area contributed by atoms with Crippen molar-refractivity contribution in [2.24, 2.45) is 11.7 Å². The number of para-hydroxylation sites is 1. The lowest BCUT2D eigenvalue weighted by Crippen LogP contribution is -2.32. The lowest BCUT2D eigenvalue weighted by Gasteiger charge is -2.32. The Labute approximate surface area is 159 Å². The predicted molar refractivity (Wildman–Crippen MR) is 106 cm³/mol. The average molecular weight is 367 g/mol. The molecule has 2 amide bonds. The SMILES string of the molecule is CC1CCN(c2ccc(NC(=O)COc3ccccc3C(N)=O)cc2)CC1. The van der Waals surface area contributed by atoms with E-state index in [9.17, 15) is 9.59 Å². The van der Waals surface area contributed by atoms with Crippen LogP contribution in [0, 0.1) is 5.92 Å². The zero-order valence-electron chi connectivity index (χ0n) is 15.5. The second-order valence-corrected chi connectivity index (χ2v) is 6.91. The number of benzene rings is 2. The molecule has 1 aliphatic heterocycles. The van der Waals surface area contributed by atoms with Gasteiger partial charge in [0.1, 0.15) is 5.75 Å². The van der Waals surface area contributed by atoms with Crippen LogP contribution in [-0.4, -0.2) is 31.5 Å². The first-order valence-corrected chi connectivity index (χ1v) is 9.19. The predicted octanol–water partition coefficient (Wildman–Crippen LogP) is 3.04. The molecule has 0 radical (unpaired) electrons. The highest BCUT2D eigenvalue weighted by molar-refractivity contribution is 5.96. The molecule has 0 unspecified atom stereocenters. The van der Waals surface area contributed by atoms with E-state index in [-0.39, 0.29) is 18.1 Å². The number of rotatable bonds is 6. The third-order valence-corrected chi connectivity index (χ3v) is 4.81. The van der Waals surface area contributed by atoms with Gasteiger partial charge in [0.25, 0.3) is 11.8 Å². The summed E-state index contributed by atoms with van der Waals surface area (Å²) in [5.74, 6) is 0.205. The molecule has 0 aromatic heterocycles. The molecule has 1 aliphatic rings. The molecule has 1 fully saturated rings. The number of nitrogens with zero attached hydrogens (tertiary/aromatic N) is 1. The van der Waals surface area contributed by atoms with E-state index in [0.29, 0.717) is 11.4 Å². The van der Waals surface area contributed by atoms with Crippen molar-refractivity contribution in [1.82, 2.24) is 0 Å². The highest BCUT2D eigenvalue weighted by Crippen LogP contribution is 2.24. The van der Waals surface area contributed by atoms with Gasteiger partial charge >= 0.3 is 0 Å². The summed E-state index contributed by atoms with van der Waals surface area (Å²) < 4.78 is 5.44. The Hall–Kier alpha value is -3.02. The fourth-order valence-electron chi connectivity index (χ4n) is 3.16. The van der Waals surface area contributed by atoms with E-state index in [2.05, 4.69) is 17.1 Å². The highest BCUT2D eigenvalue weighted by atomic mass is 16.5. The van der Waals surface area contributed by atoms with Gasteiger partial charge in [-0.2, -0.15) is 0 Å². The summed E-state index contributed by atoms with van der Waals surface area (Å²) in [6, 6.07) is 14.4. The molecular formula is C21H25N3O3. The maximum absolute atomic E-state index is 12.1. The van der Waals surface area contributed by atoms with Crippen LogP contribution in [0.5, 0.6) is 5.75 Å². The first kappa shape index (κ1) is 18.8. The van der Waals surface area contributed by atoms with Gasteiger partial charge in [-0.3, -0.25) is 9.59 Å². The van der Waals surface area contributed by atoms with E-state index in [4.69, 9.17) is 10.5 Å². The molecule has 6 nitrogen and oxygen atoms in total. The Morgan fingerprint density at radius 2 is 1.78 bits per heavy atom. The van der Waals surface area contributed by atoms with Gasteiger partial charge in [-0.1, -0.05) is 19.1 Å². The summed E-state index contributed by atoms with van der Waals surface area (Å²) in [5, 5.41) is 2.80. The van der Waals surface area contributed by atoms with E-state index < -0.39 is 5.91 Å². The summed E-state index contributed by atoms with van der Waals surface area (Å²) >= 11 is 0. The van der Waals surface area contributed by atoms with Crippen LogP contribution in [0.25, 0.3) is 0 Å². The largest absolute Gasteiger partial charge is 0.483 e. The molecule has 3 rings (SSSR count). The minimum Gasteiger partial charge on any atom is -0.483 e. The standard InChI is InChI=1S/C21H25N3O3/c1-15-10-12-24(13-11-15)17-8-6-16(7-9-17)23-20(25)14-27-19-5-3-2-4-18(19)21(22)26/h2-9,15H,10-14H2,1H3,(H2,22,26)(H,23,25).